The number of nitrogens with two attached hydrogens (primary N) is 1. The second kappa shape index (κ2) is 3.37. The van der Waals surface area contributed by atoms with Crippen molar-refractivity contribution in [2.75, 3.05) is 0 Å². The highest BCUT2D eigenvalue weighted by Gasteiger charge is 2.08. The maximum absolute atomic E-state index is 12.7. The Hall–Kier alpha value is -0.680. The average Bonchev–Trinajstić information content (AvgIpc) is 1.96. The van der Waals surface area contributed by atoms with E-state index in [2.05, 4.69) is 28.1 Å². The number of hydrogen-bond donors (Lipinski definition) is 2. The number of halogens is 2. The van der Waals surface area contributed by atoms with Gasteiger partial charge in [-0.1, -0.05) is 12.2 Å². The van der Waals surface area contributed by atoms with Crippen LogP contribution in [0.1, 0.15) is 5.56 Å². The third kappa shape index (κ3) is 1.73. The first-order valence-corrected chi connectivity index (χ1v) is 4.20. The monoisotopic (exact) mass is 249 g/mol. The fourth-order valence-electron chi connectivity index (χ4n) is 0.725. The Kier molecular flexibility index (Phi) is 2.64. The molecule has 2 nitrogen and oxygen atoms in total. The minimum Gasteiger partial charge on any atom is -0.505 e. The minimum absolute atomic E-state index is 0.0841. The Bertz CT molecular complexity index is 342. The van der Waals surface area contributed by atoms with Gasteiger partial charge in [0, 0.05) is 10.0 Å². The summed E-state index contributed by atoms with van der Waals surface area (Å²) in [4.78, 5) is 0.0841. The van der Waals surface area contributed by atoms with E-state index in [1.165, 1.54) is 6.07 Å². The Morgan fingerprint density at radius 3 is 2.67 bits per heavy atom. The van der Waals surface area contributed by atoms with Gasteiger partial charge in [-0.15, -0.1) is 0 Å². The summed E-state index contributed by atoms with van der Waals surface area (Å²) in [5.74, 6) is -1.16. The van der Waals surface area contributed by atoms with Gasteiger partial charge in [-0.2, -0.15) is 0 Å². The van der Waals surface area contributed by atoms with Crippen LogP contribution in [0.3, 0.4) is 0 Å². The van der Waals surface area contributed by atoms with Crippen molar-refractivity contribution in [3.8, 4) is 5.75 Å². The maximum atomic E-state index is 12.7. The molecule has 0 radical (unpaired) electrons. The van der Waals surface area contributed by atoms with E-state index >= 15 is 0 Å². The number of thiocarbonyl (C=S) groups is 1. The van der Waals surface area contributed by atoms with Crippen molar-refractivity contribution in [2.24, 2.45) is 5.73 Å². The summed E-state index contributed by atoms with van der Waals surface area (Å²) in [5, 5.41) is 8.92. The molecular weight excluding hydrogens is 245 g/mol. The highest BCUT2D eigenvalue weighted by Crippen LogP contribution is 2.25. The first-order valence-electron chi connectivity index (χ1n) is 3.00. The average molecular weight is 250 g/mol. The fraction of sp³-hybridized carbons (Fsp3) is 0. The molecule has 0 saturated heterocycles. The van der Waals surface area contributed by atoms with Crippen LogP contribution in [0.2, 0.25) is 0 Å². The Morgan fingerprint density at radius 2 is 2.17 bits per heavy atom. The van der Waals surface area contributed by atoms with Crippen molar-refractivity contribution in [2.45, 2.75) is 0 Å². The second-order valence-corrected chi connectivity index (χ2v) is 3.44. The molecule has 0 amide bonds. The van der Waals surface area contributed by atoms with Gasteiger partial charge in [0.1, 0.15) is 4.99 Å². The molecule has 0 fully saturated rings. The van der Waals surface area contributed by atoms with Gasteiger partial charge < -0.3 is 10.8 Å². The SMILES string of the molecule is NC(=S)c1cc(F)c(O)cc1Br. The van der Waals surface area contributed by atoms with Crippen molar-refractivity contribution < 1.29 is 9.50 Å². The standard InChI is InChI=1S/C7H5BrFNOS/c8-4-2-6(11)5(9)1-3(4)7(10)12/h1-2,11H,(H2,10,12). The lowest BCUT2D eigenvalue weighted by Crippen LogP contribution is -2.10. The van der Waals surface area contributed by atoms with Crippen LogP contribution >= 0.6 is 28.1 Å². The molecule has 1 aromatic carbocycles. The van der Waals surface area contributed by atoms with Crippen molar-refractivity contribution in [3.05, 3.63) is 28.0 Å². The van der Waals surface area contributed by atoms with Crippen LogP contribution in [-0.2, 0) is 0 Å². The number of phenols is 1. The molecule has 0 unspecified atom stereocenters. The van der Waals surface area contributed by atoms with Gasteiger partial charge in [0.05, 0.1) is 0 Å². The van der Waals surface area contributed by atoms with Gasteiger partial charge in [0.15, 0.2) is 11.6 Å². The predicted molar refractivity (Wildman–Crippen MR) is 51.7 cm³/mol. The van der Waals surface area contributed by atoms with Gasteiger partial charge in [-0.05, 0) is 28.1 Å². The van der Waals surface area contributed by atoms with Crippen LogP contribution in [0.4, 0.5) is 4.39 Å². The quantitative estimate of drug-likeness (QED) is 0.748. The van der Waals surface area contributed by atoms with Crippen LogP contribution in [-0.4, -0.2) is 10.1 Å². The molecule has 3 N–H and O–H groups in total. The molecule has 1 aromatic rings. The van der Waals surface area contributed by atoms with E-state index in [1.54, 1.807) is 0 Å². The lowest BCUT2D eigenvalue weighted by atomic mass is 10.2. The van der Waals surface area contributed by atoms with E-state index in [0.717, 1.165) is 6.07 Å². The fourth-order valence-corrected chi connectivity index (χ4v) is 1.57. The summed E-state index contributed by atoms with van der Waals surface area (Å²) in [5.41, 5.74) is 5.66. The van der Waals surface area contributed by atoms with Crippen molar-refractivity contribution >= 4 is 33.1 Å². The third-order valence-corrected chi connectivity index (χ3v) is 2.18. The predicted octanol–water partition coefficient (Wildman–Crippen LogP) is 1.93. The summed E-state index contributed by atoms with van der Waals surface area (Å²) >= 11 is 7.74. The number of hydrogen-bond acceptors (Lipinski definition) is 2. The molecule has 0 saturated carbocycles. The third-order valence-electron chi connectivity index (χ3n) is 1.30. The first-order chi connectivity index (χ1) is 5.52. The lowest BCUT2D eigenvalue weighted by Gasteiger charge is -2.03. The van der Waals surface area contributed by atoms with E-state index < -0.39 is 11.6 Å². The van der Waals surface area contributed by atoms with Crippen LogP contribution in [0.5, 0.6) is 5.75 Å². The van der Waals surface area contributed by atoms with Gasteiger partial charge in [-0.25, -0.2) is 4.39 Å². The van der Waals surface area contributed by atoms with Crippen molar-refractivity contribution in [1.29, 1.82) is 0 Å². The molecule has 0 aromatic heterocycles. The van der Waals surface area contributed by atoms with E-state index in [1.807, 2.05) is 0 Å². The van der Waals surface area contributed by atoms with E-state index in [-0.39, 0.29) is 4.99 Å². The molecule has 0 aliphatic carbocycles. The molecule has 64 valence electrons. The molecule has 5 heteroatoms. The number of aromatic hydroxyl groups is 1. The molecule has 0 heterocycles. The summed E-state index contributed by atoms with van der Waals surface area (Å²) in [7, 11) is 0. The van der Waals surface area contributed by atoms with Crippen LogP contribution < -0.4 is 5.73 Å². The van der Waals surface area contributed by atoms with Gasteiger partial charge >= 0.3 is 0 Å². The van der Waals surface area contributed by atoms with Crippen molar-refractivity contribution in [3.63, 3.8) is 0 Å². The number of rotatable bonds is 1. The summed E-state index contributed by atoms with van der Waals surface area (Å²) in [6.45, 7) is 0. The largest absolute Gasteiger partial charge is 0.505 e. The molecular formula is C7H5BrFNOS. The van der Waals surface area contributed by atoms with Gasteiger partial charge in [0.25, 0.3) is 0 Å². The zero-order chi connectivity index (χ0) is 9.30. The number of benzene rings is 1. The van der Waals surface area contributed by atoms with Crippen LogP contribution in [0.25, 0.3) is 0 Å². The Balaban J connectivity index is 3.33. The molecule has 0 bridgehead atoms. The highest BCUT2D eigenvalue weighted by molar-refractivity contribution is 9.10. The van der Waals surface area contributed by atoms with Crippen LogP contribution in [0.15, 0.2) is 16.6 Å². The van der Waals surface area contributed by atoms with E-state index in [9.17, 15) is 4.39 Å². The first kappa shape index (κ1) is 9.41. The molecule has 12 heavy (non-hydrogen) atoms. The summed E-state index contributed by atoms with van der Waals surface area (Å²) < 4.78 is 13.2. The van der Waals surface area contributed by atoms with Crippen molar-refractivity contribution in [1.82, 2.24) is 0 Å². The molecule has 1 rings (SSSR count). The highest BCUT2D eigenvalue weighted by atomic mass is 79.9. The van der Waals surface area contributed by atoms with Gasteiger partial charge in [0.2, 0.25) is 0 Å². The number of phenolic OH excluding ortho intramolecular Hbond substituents is 1. The van der Waals surface area contributed by atoms with E-state index in [0.29, 0.717) is 10.0 Å². The second-order valence-electron chi connectivity index (χ2n) is 2.15. The molecule has 0 aliphatic heterocycles. The normalized spacial score (nSPS) is 9.83. The van der Waals surface area contributed by atoms with Crippen LogP contribution in [0, 0.1) is 5.82 Å². The zero-order valence-corrected chi connectivity index (χ0v) is 8.25. The van der Waals surface area contributed by atoms with Gasteiger partial charge in [-0.3, -0.25) is 0 Å². The minimum atomic E-state index is -0.735. The van der Waals surface area contributed by atoms with E-state index in [4.69, 9.17) is 10.8 Å². The smallest absolute Gasteiger partial charge is 0.165 e. The molecule has 0 spiro atoms. The Morgan fingerprint density at radius 1 is 1.58 bits per heavy atom. The maximum Gasteiger partial charge on any atom is 0.165 e. The molecule has 0 aliphatic rings. The topological polar surface area (TPSA) is 46.2 Å². The summed E-state index contributed by atoms with van der Waals surface area (Å²) in [6.07, 6.45) is 0. The summed E-state index contributed by atoms with van der Waals surface area (Å²) in [6, 6.07) is 2.30. The zero-order valence-electron chi connectivity index (χ0n) is 5.84. The molecule has 0 atom stereocenters. The lowest BCUT2D eigenvalue weighted by molar-refractivity contribution is 0.432. The Labute approximate surface area is 82.3 Å².